The highest BCUT2D eigenvalue weighted by Crippen LogP contribution is 2.30. The first-order chi connectivity index (χ1) is 13.8. The molecule has 0 saturated carbocycles. The van der Waals surface area contributed by atoms with Crippen molar-refractivity contribution in [3.8, 4) is 5.75 Å². The third-order valence-electron chi connectivity index (χ3n) is 5.26. The molecule has 2 saturated heterocycles. The third-order valence-corrected chi connectivity index (χ3v) is 7.15. The summed E-state index contributed by atoms with van der Waals surface area (Å²) in [5.74, 6) is 0.219. The molecule has 0 spiro atoms. The van der Waals surface area contributed by atoms with Crippen molar-refractivity contribution in [2.45, 2.75) is 50.2 Å². The number of anilines is 1. The highest BCUT2D eigenvalue weighted by atomic mass is 32.2. The summed E-state index contributed by atoms with van der Waals surface area (Å²) >= 11 is 0. The monoisotopic (exact) mass is 425 g/mol. The van der Waals surface area contributed by atoms with Crippen LogP contribution in [0.2, 0.25) is 0 Å². The molecule has 3 rings (SSSR count). The summed E-state index contributed by atoms with van der Waals surface area (Å²) in [6.07, 6.45) is 2.93. The first kappa shape index (κ1) is 22.0. The van der Waals surface area contributed by atoms with Gasteiger partial charge in [0, 0.05) is 26.2 Å². The lowest BCUT2D eigenvalue weighted by Crippen LogP contribution is -2.48. The number of nitrogens with zero attached hydrogens (tertiary/aromatic N) is 2. The molecular weight excluding hydrogens is 394 g/mol. The molecule has 2 aliphatic rings. The normalized spacial score (nSPS) is 24.2. The van der Waals surface area contributed by atoms with Crippen molar-refractivity contribution < 1.29 is 22.7 Å². The molecule has 9 heteroatoms. The Morgan fingerprint density at radius 2 is 1.83 bits per heavy atom. The first-order valence-electron chi connectivity index (χ1n) is 10.2. The maximum Gasteiger partial charge on any atom is 0.243 e. The van der Waals surface area contributed by atoms with Gasteiger partial charge < -0.3 is 14.8 Å². The van der Waals surface area contributed by atoms with Crippen LogP contribution in [0, 0.1) is 0 Å². The van der Waals surface area contributed by atoms with Crippen LogP contribution in [0.3, 0.4) is 0 Å². The molecular formula is C20H31N3O5S. The number of hydrogen-bond donors (Lipinski definition) is 1. The molecule has 1 aromatic carbocycles. The van der Waals surface area contributed by atoms with Gasteiger partial charge in [-0.25, -0.2) is 8.42 Å². The van der Waals surface area contributed by atoms with Crippen LogP contribution < -0.4 is 10.1 Å². The van der Waals surface area contributed by atoms with Crippen LogP contribution in [0.5, 0.6) is 5.75 Å². The molecule has 0 aliphatic carbocycles. The van der Waals surface area contributed by atoms with Crippen LogP contribution in [-0.4, -0.2) is 75.6 Å². The second kappa shape index (κ2) is 9.42. The van der Waals surface area contributed by atoms with Crippen molar-refractivity contribution >= 4 is 21.6 Å². The molecule has 0 aromatic heterocycles. The fraction of sp³-hybridized carbons (Fsp3) is 0.650. The van der Waals surface area contributed by atoms with Gasteiger partial charge in [-0.05, 0) is 44.9 Å². The highest BCUT2D eigenvalue weighted by molar-refractivity contribution is 7.89. The summed E-state index contributed by atoms with van der Waals surface area (Å²) in [6.45, 7) is 6.60. The van der Waals surface area contributed by atoms with E-state index in [4.69, 9.17) is 9.47 Å². The average Bonchev–Trinajstić information content (AvgIpc) is 2.67. The number of methoxy groups -OCH3 is 1. The minimum absolute atomic E-state index is 0.0686. The lowest BCUT2D eigenvalue weighted by molar-refractivity contribution is -0.121. The van der Waals surface area contributed by atoms with Gasteiger partial charge in [0.05, 0.1) is 36.4 Å². The molecule has 1 amide bonds. The van der Waals surface area contributed by atoms with Crippen LogP contribution in [0.15, 0.2) is 23.1 Å². The summed E-state index contributed by atoms with van der Waals surface area (Å²) in [7, 11) is -2.09. The van der Waals surface area contributed by atoms with Crippen molar-refractivity contribution in [2.24, 2.45) is 0 Å². The topological polar surface area (TPSA) is 88.2 Å². The summed E-state index contributed by atoms with van der Waals surface area (Å²) in [5, 5.41) is 2.82. The van der Waals surface area contributed by atoms with E-state index in [-0.39, 0.29) is 29.6 Å². The number of carbonyl (C=O) groups is 1. The van der Waals surface area contributed by atoms with E-state index in [0.29, 0.717) is 37.6 Å². The van der Waals surface area contributed by atoms with Crippen molar-refractivity contribution in [1.82, 2.24) is 9.21 Å². The Hall–Kier alpha value is -1.68. The van der Waals surface area contributed by atoms with Gasteiger partial charge >= 0.3 is 0 Å². The van der Waals surface area contributed by atoms with E-state index in [0.717, 1.165) is 19.3 Å². The SMILES string of the molecule is COc1ccc(S(=O)(=O)N2CCCCC2)cc1NC(=O)CN1C[C@@H](C)O[C@H](C)C1. The highest BCUT2D eigenvalue weighted by Gasteiger charge is 2.28. The number of hydrogen-bond acceptors (Lipinski definition) is 6. The molecule has 2 atom stereocenters. The van der Waals surface area contributed by atoms with E-state index in [1.165, 1.54) is 23.5 Å². The molecule has 0 bridgehead atoms. The number of benzene rings is 1. The standard InChI is InChI=1S/C20H31N3O5S/c1-15-12-22(13-16(2)28-15)14-20(24)21-18-11-17(7-8-19(18)27-3)29(25,26)23-9-5-4-6-10-23/h7-8,11,15-16H,4-6,9-10,12-14H2,1-3H3,(H,21,24)/t15-,16-/m1/s1. The predicted octanol–water partition coefficient (Wildman–Crippen LogP) is 1.92. The summed E-state index contributed by atoms with van der Waals surface area (Å²) in [5.41, 5.74) is 0.366. The Morgan fingerprint density at radius 1 is 1.17 bits per heavy atom. The molecule has 0 radical (unpaired) electrons. The minimum Gasteiger partial charge on any atom is -0.495 e. The van der Waals surface area contributed by atoms with E-state index in [1.807, 2.05) is 18.7 Å². The van der Waals surface area contributed by atoms with Gasteiger partial charge in [-0.3, -0.25) is 9.69 Å². The largest absolute Gasteiger partial charge is 0.495 e. The number of nitrogens with one attached hydrogen (secondary N) is 1. The molecule has 2 fully saturated rings. The van der Waals surface area contributed by atoms with Crippen LogP contribution in [0.4, 0.5) is 5.69 Å². The minimum atomic E-state index is -3.59. The van der Waals surface area contributed by atoms with Crippen LogP contribution in [0.25, 0.3) is 0 Å². The predicted molar refractivity (Wildman–Crippen MR) is 111 cm³/mol. The fourth-order valence-electron chi connectivity index (χ4n) is 4.01. The Balaban J connectivity index is 1.74. The fourth-order valence-corrected chi connectivity index (χ4v) is 5.55. The molecule has 2 heterocycles. The van der Waals surface area contributed by atoms with Gasteiger partial charge in [0.15, 0.2) is 0 Å². The van der Waals surface area contributed by atoms with Crippen LogP contribution in [-0.2, 0) is 19.6 Å². The average molecular weight is 426 g/mol. The number of carbonyl (C=O) groups excluding carboxylic acids is 1. The summed E-state index contributed by atoms with van der Waals surface area (Å²) in [6, 6.07) is 4.61. The second-order valence-corrected chi connectivity index (χ2v) is 9.76. The first-order valence-corrected chi connectivity index (χ1v) is 11.6. The lowest BCUT2D eigenvalue weighted by Gasteiger charge is -2.34. The number of sulfonamides is 1. The Kier molecular flexibility index (Phi) is 7.15. The Labute approximate surface area is 173 Å². The molecule has 0 unspecified atom stereocenters. The number of amides is 1. The molecule has 8 nitrogen and oxygen atoms in total. The maximum atomic E-state index is 13.0. The van der Waals surface area contributed by atoms with Crippen molar-refractivity contribution in [1.29, 1.82) is 0 Å². The Morgan fingerprint density at radius 3 is 2.45 bits per heavy atom. The van der Waals surface area contributed by atoms with E-state index in [9.17, 15) is 13.2 Å². The quantitative estimate of drug-likeness (QED) is 0.749. The van der Waals surface area contributed by atoms with Gasteiger partial charge in [0.1, 0.15) is 5.75 Å². The van der Waals surface area contributed by atoms with Gasteiger partial charge in [0.2, 0.25) is 15.9 Å². The van der Waals surface area contributed by atoms with E-state index in [2.05, 4.69) is 5.32 Å². The Bertz CT molecular complexity index is 813. The molecule has 2 aliphatic heterocycles. The second-order valence-electron chi connectivity index (χ2n) is 7.83. The smallest absolute Gasteiger partial charge is 0.243 e. The van der Waals surface area contributed by atoms with E-state index in [1.54, 1.807) is 6.07 Å². The van der Waals surface area contributed by atoms with Crippen molar-refractivity contribution in [2.75, 3.05) is 45.2 Å². The van der Waals surface area contributed by atoms with Crippen LogP contribution in [0.1, 0.15) is 33.1 Å². The molecule has 1 N–H and O–H groups in total. The number of ether oxygens (including phenoxy) is 2. The zero-order chi connectivity index (χ0) is 21.0. The van der Waals surface area contributed by atoms with Gasteiger partial charge in [0.25, 0.3) is 0 Å². The lowest BCUT2D eigenvalue weighted by atomic mass is 10.2. The number of rotatable bonds is 6. The van der Waals surface area contributed by atoms with Crippen molar-refractivity contribution in [3.63, 3.8) is 0 Å². The van der Waals surface area contributed by atoms with Crippen molar-refractivity contribution in [3.05, 3.63) is 18.2 Å². The summed E-state index contributed by atoms with van der Waals surface area (Å²) < 4.78 is 38.5. The number of morpholine rings is 1. The van der Waals surface area contributed by atoms with Gasteiger partial charge in [-0.1, -0.05) is 6.42 Å². The molecule has 162 valence electrons. The molecule has 29 heavy (non-hydrogen) atoms. The number of piperidine rings is 1. The third kappa shape index (κ3) is 5.48. The van der Waals surface area contributed by atoms with E-state index >= 15 is 0 Å². The maximum absolute atomic E-state index is 13.0. The van der Waals surface area contributed by atoms with Gasteiger partial charge in [-0.15, -0.1) is 0 Å². The van der Waals surface area contributed by atoms with Gasteiger partial charge in [-0.2, -0.15) is 4.31 Å². The molecule has 1 aromatic rings. The summed E-state index contributed by atoms with van der Waals surface area (Å²) in [4.78, 5) is 14.8. The van der Waals surface area contributed by atoms with Crippen LogP contribution >= 0.6 is 0 Å². The van der Waals surface area contributed by atoms with E-state index < -0.39 is 10.0 Å². The zero-order valence-electron chi connectivity index (χ0n) is 17.4. The zero-order valence-corrected chi connectivity index (χ0v) is 18.2.